The maximum atomic E-state index is 11.9. The third kappa shape index (κ3) is 5.04. The zero-order valence-electron chi connectivity index (χ0n) is 11.4. The first kappa shape index (κ1) is 15.7. The maximum Gasteiger partial charge on any atom is 0.265 e. The normalized spacial score (nSPS) is 12.2. The first-order valence-electron chi connectivity index (χ1n) is 6.54. The van der Waals surface area contributed by atoms with Crippen molar-refractivity contribution in [2.75, 3.05) is 24.1 Å². The lowest BCUT2D eigenvalue weighted by Crippen LogP contribution is -2.26. The van der Waals surface area contributed by atoms with Gasteiger partial charge in [0.05, 0.1) is 6.10 Å². The Morgan fingerprint density at radius 2 is 2.21 bits per heavy atom. The van der Waals surface area contributed by atoms with E-state index in [4.69, 9.17) is 5.73 Å². The quantitative estimate of drug-likeness (QED) is 0.579. The van der Waals surface area contributed by atoms with E-state index in [1.54, 1.807) is 0 Å². The highest BCUT2D eigenvalue weighted by atomic mass is 32.1. The van der Waals surface area contributed by atoms with Crippen molar-refractivity contribution in [2.24, 2.45) is 0 Å². The van der Waals surface area contributed by atoms with Crippen LogP contribution >= 0.6 is 11.3 Å². The van der Waals surface area contributed by atoms with E-state index in [-0.39, 0.29) is 17.8 Å². The molecular weight excluding hydrogens is 264 g/mol. The molecule has 0 aliphatic rings. The van der Waals surface area contributed by atoms with Crippen molar-refractivity contribution in [1.82, 2.24) is 10.3 Å². The van der Waals surface area contributed by atoms with Crippen LogP contribution in [0.25, 0.3) is 0 Å². The zero-order valence-corrected chi connectivity index (χ0v) is 12.2. The van der Waals surface area contributed by atoms with Crippen LogP contribution < -0.4 is 16.4 Å². The molecule has 1 unspecified atom stereocenters. The van der Waals surface area contributed by atoms with Gasteiger partial charge in [-0.1, -0.05) is 25.2 Å². The number of nitrogens with one attached hydrogen (secondary N) is 2. The lowest BCUT2D eigenvalue weighted by molar-refractivity contribution is 0.0946. The molecule has 19 heavy (non-hydrogen) atoms. The summed E-state index contributed by atoms with van der Waals surface area (Å²) in [5.41, 5.74) is 5.72. The van der Waals surface area contributed by atoms with Gasteiger partial charge in [-0.25, -0.2) is 4.98 Å². The van der Waals surface area contributed by atoms with Gasteiger partial charge in [-0.3, -0.25) is 4.79 Å². The minimum atomic E-state index is -0.374. The maximum absolute atomic E-state index is 11.9. The Kier molecular flexibility index (Phi) is 6.58. The number of aromatic nitrogens is 1. The number of aliphatic hydroxyl groups excluding tert-OH is 1. The molecule has 0 spiro atoms. The molecule has 0 saturated carbocycles. The topological polar surface area (TPSA) is 100 Å². The lowest BCUT2D eigenvalue weighted by Gasteiger charge is -2.07. The van der Waals surface area contributed by atoms with Crippen LogP contribution in [0.4, 0.5) is 10.9 Å². The van der Waals surface area contributed by atoms with E-state index in [0.29, 0.717) is 29.4 Å². The molecule has 7 heteroatoms. The third-order valence-corrected chi connectivity index (χ3v) is 3.65. The highest BCUT2D eigenvalue weighted by Gasteiger charge is 2.15. The van der Waals surface area contributed by atoms with E-state index in [1.165, 1.54) is 11.3 Å². The van der Waals surface area contributed by atoms with Crippen LogP contribution in [0.15, 0.2) is 0 Å². The second-order valence-electron chi connectivity index (χ2n) is 4.27. The van der Waals surface area contributed by atoms with E-state index in [2.05, 4.69) is 22.5 Å². The number of anilines is 2. The number of hydrogen-bond acceptors (Lipinski definition) is 6. The van der Waals surface area contributed by atoms with E-state index < -0.39 is 0 Å². The molecule has 108 valence electrons. The molecule has 0 bridgehead atoms. The first-order valence-corrected chi connectivity index (χ1v) is 7.36. The van der Waals surface area contributed by atoms with Crippen molar-refractivity contribution in [1.29, 1.82) is 0 Å². The summed E-state index contributed by atoms with van der Waals surface area (Å²) in [4.78, 5) is 16.4. The molecule has 0 radical (unpaired) electrons. The highest BCUT2D eigenvalue weighted by molar-refractivity contribution is 7.18. The minimum Gasteiger partial charge on any atom is -0.393 e. The highest BCUT2D eigenvalue weighted by Crippen LogP contribution is 2.24. The lowest BCUT2D eigenvalue weighted by atomic mass is 10.2. The van der Waals surface area contributed by atoms with Crippen molar-refractivity contribution in [2.45, 2.75) is 39.2 Å². The second kappa shape index (κ2) is 7.96. The number of nitrogens with two attached hydrogens (primary N) is 1. The van der Waals surface area contributed by atoms with E-state index >= 15 is 0 Å². The second-order valence-corrected chi connectivity index (χ2v) is 5.27. The Bertz CT molecular complexity index is 408. The van der Waals surface area contributed by atoms with Crippen molar-refractivity contribution >= 4 is 28.2 Å². The molecule has 0 fully saturated rings. The molecule has 0 aliphatic carbocycles. The summed E-state index contributed by atoms with van der Waals surface area (Å²) in [5, 5.41) is 15.9. The van der Waals surface area contributed by atoms with Crippen molar-refractivity contribution < 1.29 is 9.90 Å². The van der Waals surface area contributed by atoms with Gasteiger partial charge >= 0.3 is 0 Å². The molecule has 0 aliphatic heterocycles. The van der Waals surface area contributed by atoms with Gasteiger partial charge in [0, 0.05) is 13.1 Å². The summed E-state index contributed by atoms with van der Waals surface area (Å²) in [5.74, 6) is 0.0139. The third-order valence-electron chi connectivity index (χ3n) is 2.62. The standard InChI is InChI=1S/C12H22N4O2S/c1-3-6-15-12-16-10(13)9(19-12)11(18)14-7-5-8(17)4-2/h8,17H,3-7,13H2,1-2H3,(H,14,18)(H,15,16). The zero-order chi connectivity index (χ0) is 14.3. The largest absolute Gasteiger partial charge is 0.393 e. The van der Waals surface area contributed by atoms with Gasteiger partial charge < -0.3 is 21.5 Å². The Balaban J connectivity index is 2.49. The summed E-state index contributed by atoms with van der Waals surface area (Å²) in [6, 6.07) is 0. The van der Waals surface area contributed by atoms with Crippen molar-refractivity contribution in [3.05, 3.63) is 4.88 Å². The van der Waals surface area contributed by atoms with Gasteiger partial charge in [0.2, 0.25) is 0 Å². The molecule has 0 saturated heterocycles. The monoisotopic (exact) mass is 286 g/mol. The molecule has 1 rings (SSSR count). The molecule has 6 nitrogen and oxygen atoms in total. The number of hydrogen-bond donors (Lipinski definition) is 4. The van der Waals surface area contributed by atoms with Crippen LogP contribution in [-0.2, 0) is 0 Å². The van der Waals surface area contributed by atoms with Crippen LogP contribution in [-0.4, -0.2) is 35.2 Å². The molecule has 1 atom stereocenters. The Hall–Kier alpha value is -1.34. The fourth-order valence-electron chi connectivity index (χ4n) is 1.44. The first-order chi connectivity index (χ1) is 9.08. The fraction of sp³-hybridized carbons (Fsp3) is 0.667. The van der Waals surface area contributed by atoms with Gasteiger partial charge in [-0.15, -0.1) is 0 Å². The van der Waals surface area contributed by atoms with Crippen LogP contribution in [0.5, 0.6) is 0 Å². The number of aliphatic hydroxyl groups is 1. The number of nitrogen functional groups attached to an aromatic ring is 1. The number of amides is 1. The fourth-order valence-corrected chi connectivity index (χ4v) is 2.27. The SMILES string of the molecule is CCCNc1nc(N)c(C(=O)NCCC(O)CC)s1. The predicted molar refractivity (Wildman–Crippen MR) is 78.6 cm³/mol. The molecule has 5 N–H and O–H groups in total. The average molecular weight is 286 g/mol. The predicted octanol–water partition coefficient (Wildman–Crippen LogP) is 1.44. The average Bonchev–Trinajstić information content (AvgIpc) is 2.77. The molecule has 0 aromatic carbocycles. The van der Waals surface area contributed by atoms with Crippen LogP contribution in [0.1, 0.15) is 42.8 Å². The Labute approximate surface area is 117 Å². The Morgan fingerprint density at radius 1 is 1.47 bits per heavy atom. The summed E-state index contributed by atoms with van der Waals surface area (Å²) in [6.45, 7) is 5.19. The van der Waals surface area contributed by atoms with Crippen molar-refractivity contribution in [3.63, 3.8) is 0 Å². The van der Waals surface area contributed by atoms with Crippen LogP contribution in [0.2, 0.25) is 0 Å². The number of nitrogens with zero attached hydrogens (tertiary/aromatic N) is 1. The van der Waals surface area contributed by atoms with E-state index in [9.17, 15) is 9.90 Å². The number of carbonyl (C=O) groups is 1. The number of thiazole rings is 1. The van der Waals surface area contributed by atoms with E-state index in [0.717, 1.165) is 13.0 Å². The summed E-state index contributed by atoms with van der Waals surface area (Å²) in [7, 11) is 0. The minimum absolute atomic E-state index is 0.233. The van der Waals surface area contributed by atoms with Gasteiger partial charge in [0.15, 0.2) is 5.13 Å². The van der Waals surface area contributed by atoms with Crippen LogP contribution in [0, 0.1) is 0 Å². The van der Waals surface area contributed by atoms with Gasteiger partial charge in [-0.2, -0.15) is 0 Å². The molecule has 1 heterocycles. The number of carbonyl (C=O) groups excluding carboxylic acids is 1. The Morgan fingerprint density at radius 3 is 2.84 bits per heavy atom. The van der Waals surface area contributed by atoms with Gasteiger partial charge in [0.25, 0.3) is 5.91 Å². The summed E-state index contributed by atoms with van der Waals surface area (Å²) in [6.07, 6.45) is 1.84. The summed E-state index contributed by atoms with van der Waals surface area (Å²) >= 11 is 1.25. The van der Waals surface area contributed by atoms with Crippen LogP contribution in [0.3, 0.4) is 0 Å². The van der Waals surface area contributed by atoms with Gasteiger partial charge in [0.1, 0.15) is 10.7 Å². The molecule has 1 aromatic heterocycles. The smallest absolute Gasteiger partial charge is 0.265 e. The molecule has 1 amide bonds. The summed E-state index contributed by atoms with van der Waals surface area (Å²) < 4.78 is 0. The molecule has 1 aromatic rings. The molecular formula is C12H22N4O2S. The number of rotatable bonds is 8. The van der Waals surface area contributed by atoms with Gasteiger partial charge in [-0.05, 0) is 19.3 Å². The van der Waals surface area contributed by atoms with E-state index in [1.807, 2.05) is 6.92 Å². The van der Waals surface area contributed by atoms with Crippen molar-refractivity contribution in [3.8, 4) is 0 Å².